The van der Waals surface area contributed by atoms with Gasteiger partial charge in [-0.25, -0.2) is 0 Å². The van der Waals surface area contributed by atoms with E-state index in [0.29, 0.717) is 19.8 Å². The molecule has 0 radical (unpaired) electrons. The molecular formula is C16H28N2O2. The van der Waals surface area contributed by atoms with E-state index in [2.05, 4.69) is 38.2 Å². The molecule has 1 aromatic rings. The van der Waals surface area contributed by atoms with Crippen LogP contribution < -0.4 is 20.5 Å². The summed E-state index contributed by atoms with van der Waals surface area (Å²) < 4.78 is 11.5. The van der Waals surface area contributed by atoms with Gasteiger partial charge in [0.25, 0.3) is 0 Å². The van der Waals surface area contributed by atoms with Crippen molar-refractivity contribution in [2.24, 2.45) is 5.73 Å². The summed E-state index contributed by atoms with van der Waals surface area (Å²) in [6.45, 7) is 9.18. The summed E-state index contributed by atoms with van der Waals surface area (Å²) >= 11 is 0. The summed E-state index contributed by atoms with van der Waals surface area (Å²) in [7, 11) is 0. The lowest BCUT2D eigenvalue weighted by Gasteiger charge is -2.17. The van der Waals surface area contributed by atoms with Crippen LogP contribution in [0.2, 0.25) is 0 Å². The van der Waals surface area contributed by atoms with Gasteiger partial charge in [0.15, 0.2) is 11.5 Å². The molecule has 0 saturated carbocycles. The minimum Gasteiger partial charge on any atom is -0.490 e. The fourth-order valence-corrected chi connectivity index (χ4v) is 1.87. The maximum absolute atomic E-state index is 5.80. The van der Waals surface area contributed by atoms with Gasteiger partial charge < -0.3 is 20.5 Å². The van der Waals surface area contributed by atoms with Gasteiger partial charge in [0, 0.05) is 19.1 Å². The predicted molar refractivity (Wildman–Crippen MR) is 83.5 cm³/mol. The number of nitrogens with one attached hydrogen (secondary N) is 1. The van der Waals surface area contributed by atoms with Gasteiger partial charge in [-0.15, -0.1) is 0 Å². The minimum atomic E-state index is 0.253. The zero-order chi connectivity index (χ0) is 14.8. The first-order chi connectivity index (χ1) is 9.72. The first kappa shape index (κ1) is 16.8. The number of ether oxygens (including phenoxy) is 2. The third-order valence-corrected chi connectivity index (χ3v) is 2.99. The van der Waals surface area contributed by atoms with Crippen LogP contribution in [0.25, 0.3) is 0 Å². The van der Waals surface area contributed by atoms with E-state index in [9.17, 15) is 0 Å². The molecule has 20 heavy (non-hydrogen) atoms. The second-order valence-electron chi connectivity index (χ2n) is 4.87. The Morgan fingerprint density at radius 2 is 1.75 bits per heavy atom. The van der Waals surface area contributed by atoms with Crippen molar-refractivity contribution in [3.63, 3.8) is 0 Å². The van der Waals surface area contributed by atoms with Crippen LogP contribution in [0, 0.1) is 0 Å². The van der Waals surface area contributed by atoms with Crippen molar-refractivity contribution in [3.05, 3.63) is 23.8 Å². The number of hydrogen-bond acceptors (Lipinski definition) is 4. The SMILES string of the molecule is CCCOc1ccc(C(C)NCCN)cc1OCCC. The van der Waals surface area contributed by atoms with Gasteiger partial charge in [0.2, 0.25) is 0 Å². The third kappa shape index (κ3) is 5.39. The molecule has 0 heterocycles. The summed E-state index contributed by atoms with van der Waals surface area (Å²) in [6, 6.07) is 6.39. The second kappa shape index (κ2) is 9.61. The van der Waals surface area contributed by atoms with Gasteiger partial charge in [0.1, 0.15) is 0 Å². The van der Waals surface area contributed by atoms with Gasteiger partial charge in [-0.3, -0.25) is 0 Å². The topological polar surface area (TPSA) is 56.5 Å². The molecule has 1 atom stereocenters. The van der Waals surface area contributed by atoms with E-state index in [1.165, 1.54) is 5.56 Å². The number of rotatable bonds is 10. The first-order valence-electron chi connectivity index (χ1n) is 7.55. The average Bonchev–Trinajstić information content (AvgIpc) is 2.48. The molecule has 0 aliphatic rings. The van der Waals surface area contributed by atoms with Crippen LogP contribution in [-0.2, 0) is 0 Å². The van der Waals surface area contributed by atoms with E-state index < -0.39 is 0 Å². The van der Waals surface area contributed by atoms with E-state index >= 15 is 0 Å². The van der Waals surface area contributed by atoms with Crippen LogP contribution in [0.5, 0.6) is 11.5 Å². The summed E-state index contributed by atoms with van der Waals surface area (Å²) in [4.78, 5) is 0. The van der Waals surface area contributed by atoms with Crippen molar-refractivity contribution in [1.29, 1.82) is 0 Å². The number of hydrogen-bond donors (Lipinski definition) is 2. The Hall–Kier alpha value is -1.26. The summed E-state index contributed by atoms with van der Waals surface area (Å²) in [5.41, 5.74) is 6.71. The summed E-state index contributed by atoms with van der Waals surface area (Å²) in [5.74, 6) is 1.66. The smallest absolute Gasteiger partial charge is 0.161 e. The summed E-state index contributed by atoms with van der Waals surface area (Å²) in [6.07, 6.45) is 1.97. The summed E-state index contributed by atoms with van der Waals surface area (Å²) in [5, 5.41) is 3.37. The maximum Gasteiger partial charge on any atom is 0.161 e. The van der Waals surface area contributed by atoms with Crippen molar-refractivity contribution in [3.8, 4) is 11.5 Å². The third-order valence-electron chi connectivity index (χ3n) is 2.99. The van der Waals surface area contributed by atoms with Crippen molar-refractivity contribution in [1.82, 2.24) is 5.32 Å². The lowest BCUT2D eigenvalue weighted by atomic mass is 10.1. The molecule has 1 unspecified atom stereocenters. The van der Waals surface area contributed by atoms with Crippen LogP contribution in [0.15, 0.2) is 18.2 Å². The Balaban J connectivity index is 2.82. The fourth-order valence-electron chi connectivity index (χ4n) is 1.87. The molecule has 0 aromatic heterocycles. The van der Waals surface area contributed by atoms with Gasteiger partial charge in [-0.2, -0.15) is 0 Å². The van der Waals surface area contributed by atoms with Gasteiger partial charge >= 0.3 is 0 Å². The van der Waals surface area contributed by atoms with E-state index in [4.69, 9.17) is 15.2 Å². The molecule has 4 nitrogen and oxygen atoms in total. The molecule has 0 amide bonds. The molecule has 0 bridgehead atoms. The molecule has 0 saturated heterocycles. The Labute approximate surface area is 122 Å². The first-order valence-corrected chi connectivity index (χ1v) is 7.55. The second-order valence-corrected chi connectivity index (χ2v) is 4.87. The molecule has 0 aliphatic carbocycles. The van der Waals surface area contributed by atoms with Gasteiger partial charge in [0.05, 0.1) is 13.2 Å². The molecule has 4 heteroatoms. The molecule has 0 spiro atoms. The zero-order valence-electron chi connectivity index (χ0n) is 12.9. The van der Waals surface area contributed by atoms with E-state index in [1.807, 2.05) is 6.07 Å². The lowest BCUT2D eigenvalue weighted by molar-refractivity contribution is 0.268. The zero-order valence-corrected chi connectivity index (χ0v) is 12.9. The van der Waals surface area contributed by atoms with E-state index in [1.54, 1.807) is 0 Å². The molecular weight excluding hydrogens is 252 g/mol. The monoisotopic (exact) mass is 280 g/mol. The Morgan fingerprint density at radius 3 is 2.35 bits per heavy atom. The van der Waals surface area contributed by atoms with Gasteiger partial charge in [-0.05, 0) is 37.5 Å². The maximum atomic E-state index is 5.80. The predicted octanol–water partition coefficient (Wildman–Crippen LogP) is 2.87. The Kier molecular flexibility index (Phi) is 8.07. The Bertz CT molecular complexity index is 383. The van der Waals surface area contributed by atoms with Crippen LogP contribution in [0.1, 0.15) is 45.2 Å². The molecule has 0 fully saturated rings. The molecule has 0 aliphatic heterocycles. The minimum absolute atomic E-state index is 0.253. The van der Waals surface area contributed by atoms with Crippen molar-refractivity contribution >= 4 is 0 Å². The van der Waals surface area contributed by atoms with Crippen LogP contribution in [0.4, 0.5) is 0 Å². The van der Waals surface area contributed by atoms with Crippen molar-refractivity contribution < 1.29 is 9.47 Å². The normalized spacial score (nSPS) is 12.2. The highest BCUT2D eigenvalue weighted by molar-refractivity contribution is 5.43. The lowest BCUT2D eigenvalue weighted by Crippen LogP contribution is -2.25. The van der Waals surface area contributed by atoms with E-state index in [-0.39, 0.29) is 6.04 Å². The fraction of sp³-hybridized carbons (Fsp3) is 0.625. The van der Waals surface area contributed by atoms with Crippen LogP contribution >= 0.6 is 0 Å². The Morgan fingerprint density at radius 1 is 1.10 bits per heavy atom. The standard InChI is InChI=1S/C16H28N2O2/c1-4-10-19-15-7-6-14(13(3)18-9-8-17)12-16(15)20-11-5-2/h6-7,12-13,18H,4-5,8-11,17H2,1-3H3. The molecule has 1 aromatic carbocycles. The van der Waals surface area contributed by atoms with Gasteiger partial charge in [-0.1, -0.05) is 19.9 Å². The van der Waals surface area contributed by atoms with Crippen molar-refractivity contribution in [2.75, 3.05) is 26.3 Å². The highest BCUT2D eigenvalue weighted by Crippen LogP contribution is 2.31. The average molecular weight is 280 g/mol. The van der Waals surface area contributed by atoms with Crippen molar-refractivity contribution in [2.45, 2.75) is 39.7 Å². The molecule has 114 valence electrons. The molecule has 3 N–H and O–H groups in total. The largest absolute Gasteiger partial charge is 0.490 e. The van der Waals surface area contributed by atoms with Crippen LogP contribution in [-0.4, -0.2) is 26.3 Å². The molecule has 1 rings (SSSR count). The highest BCUT2D eigenvalue weighted by atomic mass is 16.5. The number of benzene rings is 1. The van der Waals surface area contributed by atoms with E-state index in [0.717, 1.165) is 30.9 Å². The van der Waals surface area contributed by atoms with Crippen LogP contribution in [0.3, 0.4) is 0 Å². The quantitative estimate of drug-likeness (QED) is 0.692. The highest BCUT2D eigenvalue weighted by Gasteiger charge is 2.10. The number of nitrogens with two attached hydrogens (primary N) is 1.